The summed E-state index contributed by atoms with van der Waals surface area (Å²) in [6.45, 7) is 3.75. The number of H-pyrrole nitrogens is 1. The van der Waals surface area contributed by atoms with Crippen molar-refractivity contribution in [2.75, 3.05) is 4.72 Å². The van der Waals surface area contributed by atoms with Gasteiger partial charge >= 0.3 is 0 Å². The molecule has 0 fully saturated rings. The molecule has 3 aromatic rings. The normalized spacial score (nSPS) is 11.6. The predicted molar refractivity (Wildman–Crippen MR) is 93.6 cm³/mol. The molecule has 0 saturated heterocycles. The van der Waals surface area contributed by atoms with E-state index in [-0.39, 0.29) is 4.21 Å². The molecule has 23 heavy (non-hydrogen) atoms. The first-order valence-corrected chi connectivity index (χ1v) is 9.44. The number of aromatic amines is 1. The first-order chi connectivity index (χ1) is 10.8. The predicted octanol–water partition coefficient (Wildman–Crippen LogP) is 4.21. The Labute approximate surface area is 143 Å². The van der Waals surface area contributed by atoms with Crippen molar-refractivity contribution in [2.45, 2.75) is 18.1 Å². The first kappa shape index (κ1) is 16.0. The molecule has 0 atom stereocenters. The summed E-state index contributed by atoms with van der Waals surface area (Å²) < 4.78 is 27.7. The zero-order valence-electron chi connectivity index (χ0n) is 12.4. The molecule has 2 N–H and O–H groups in total. The monoisotopic (exact) mass is 367 g/mol. The lowest BCUT2D eigenvalue weighted by molar-refractivity contribution is 0.603. The third kappa shape index (κ3) is 3.41. The van der Waals surface area contributed by atoms with Crippen LogP contribution in [-0.2, 0) is 10.0 Å². The molecule has 0 unspecified atom stereocenters. The Morgan fingerprint density at radius 1 is 1.17 bits per heavy atom. The molecule has 0 aliphatic rings. The van der Waals surface area contributed by atoms with Crippen LogP contribution >= 0.6 is 22.9 Å². The van der Waals surface area contributed by atoms with Crippen LogP contribution in [0.15, 0.2) is 40.6 Å². The van der Waals surface area contributed by atoms with Gasteiger partial charge in [0.05, 0.1) is 10.6 Å². The van der Waals surface area contributed by atoms with Crippen LogP contribution in [-0.4, -0.2) is 18.6 Å². The molecule has 0 spiro atoms. The van der Waals surface area contributed by atoms with Crippen LogP contribution < -0.4 is 4.72 Å². The molecule has 8 heteroatoms. The van der Waals surface area contributed by atoms with Gasteiger partial charge in [0.2, 0.25) is 0 Å². The third-order valence-electron chi connectivity index (χ3n) is 3.23. The Kier molecular flexibility index (Phi) is 4.18. The van der Waals surface area contributed by atoms with E-state index < -0.39 is 10.0 Å². The molecule has 0 bridgehead atoms. The van der Waals surface area contributed by atoms with E-state index in [0.717, 1.165) is 21.8 Å². The standard InChI is InChI=1S/C15H14ClN3O2S2/c1-9-3-4-11(8-12(9)16)19-23(20,21)15-6-5-14(22-15)13-7-10(2)17-18-13/h3-8,19H,1-2H3,(H,17,18). The SMILES string of the molecule is Cc1cc(-c2ccc(S(=O)(=O)Nc3ccc(C)c(Cl)c3)s2)n[nH]1. The molecule has 2 heterocycles. The van der Waals surface area contributed by atoms with E-state index in [9.17, 15) is 8.42 Å². The summed E-state index contributed by atoms with van der Waals surface area (Å²) >= 11 is 7.20. The van der Waals surface area contributed by atoms with Crippen LogP contribution in [0.25, 0.3) is 10.6 Å². The summed E-state index contributed by atoms with van der Waals surface area (Å²) in [6.07, 6.45) is 0. The number of nitrogens with zero attached hydrogens (tertiary/aromatic N) is 1. The van der Waals surface area contributed by atoms with Gasteiger partial charge in [-0.2, -0.15) is 5.10 Å². The highest BCUT2D eigenvalue weighted by Crippen LogP contribution is 2.31. The number of halogens is 1. The minimum atomic E-state index is -3.65. The molecule has 0 saturated carbocycles. The van der Waals surface area contributed by atoms with Crippen molar-refractivity contribution in [1.82, 2.24) is 10.2 Å². The summed E-state index contributed by atoms with van der Waals surface area (Å²) in [5.41, 5.74) is 2.98. The number of benzene rings is 1. The van der Waals surface area contributed by atoms with Gasteiger partial charge in [0.25, 0.3) is 10.0 Å². The van der Waals surface area contributed by atoms with Crippen molar-refractivity contribution in [3.05, 3.63) is 52.7 Å². The fourth-order valence-corrected chi connectivity index (χ4v) is 4.51. The van der Waals surface area contributed by atoms with Gasteiger partial charge in [-0.05, 0) is 49.7 Å². The van der Waals surface area contributed by atoms with Crippen LogP contribution in [0.2, 0.25) is 5.02 Å². The molecule has 0 radical (unpaired) electrons. The Hall–Kier alpha value is -1.83. The molecule has 0 amide bonds. The van der Waals surface area contributed by atoms with Crippen LogP contribution in [0.1, 0.15) is 11.3 Å². The van der Waals surface area contributed by atoms with Crippen molar-refractivity contribution in [1.29, 1.82) is 0 Å². The lowest BCUT2D eigenvalue weighted by atomic mass is 10.2. The fourth-order valence-electron chi connectivity index (χ4n) is 2.01. The van der Waals surface area contributed by atoms with Crippen molar-refractivity contribution in [3.8, 4) is 10.6 Å². The lowest BCUT2D eigenvalue weighted by Gasteiger charge is -2.07. The Balaban J connectivity index is 1.88. The van der Waals surface area contributed by atoms with Gasteiger partial charge in [-0.3, -0.25) is 9.82 Å². The quantitative estimate of drug-likeness (QED) is 0.725. The lowest BCUT2D eigenvalue weighted by Crippen LogP contribution is -2.11. The van der Waals surface area contributed by atoms with Crippen LogP contribution in [0.3, 0.4) is 0 Å². The highest BCUT2D eigenvalue weighted by molar-refractivity contribution is 7.94. The summed E-state index contributed by atoms with van der Waals surface area (Å²) in [6, 6.07) is 10.2. The number of aromatic nitrogens is 2. The summed E-state index contributed by atoms with van der Waals surface area (Å²) in [7, 11) is -3.65. The average molecular weight is 368 g/mol. The molecule has 2 aromatic heterocycles. The molecular formula is C15H14ClN3O2S2. The van der Waals surface area contributed by atoms with E-state index in [1.54, 1.807) is 30.3 Å². The Morgan fingerprint density at radius 3 is 2.61 bits per heavy atom. The smallest absolute Gasteiger partial charge is 0.271 e. The second kappa shape index (κ2) is 5.99. The van der Waals surface area contributed by atoms with E-state index in [1.165, 1.54) is 11.3 Å². The van der Waals surface area contributed by atoms with Crippen LogP contribution in [0, 0.1) is 13.8 Å². The largest absolute Gasteiger partial charge is 0.282 e. The van der Waals surface area contributed by atoms with Gasteiger partial charge in [-0.15, -0.1) is 11.3 Å². The van der Waals surface area contributed by atoms with Gasteiger partial charge < -0.3 is 0 Å². The maximum Gasteiger partial charge on any atom is 0.271 e. The zero-order chi connectivity index (χ0) is 16.6. The van der Waals surface area contributed by atoms with Crippen molar-refractivity contribution >= 4 is 38.6 Å². The van der Waals surface area contributed by atoms with E-state index in [0.29, 0.717) is 10.7 Å². The van der Waals surface area contributed by atoms with Gasteiger partial charge in [0, 0.05) is 10.7 Å². The second-order valence-electron chi connectivity index (χ2n) is 5.12. The van der Waals surface area contributed by atoms with E-state index in [4.69, 9.17) is 11.6 Å². The van der Waals surface area contributed by atoms with Gasteiger partial charge in [0.15, 0.2) is 0 Å². The van der Waals surface area contributed by atoms with Gasteiger partial charge in [-0.25, -0.2) is 8.42 Å². The number of anilines is 1. The van der Waals surface area contributed by atoms with Crippen LogP contribution in [0.4, 0.5) is 5.69 Å². The summed E-state index contributed by atoms with van der Waals surface area (Å²) in [5, 5.41) is 7.50. The topological polar surface area (TPSA) is 74.8 Å². The third-order valence-corrected chi connectivity index (χ3v) is 6.62. The Bertz CT molecular complexity index is 961. The fraction of sp³-hybridized carbons (Fsp3) is 0.133. The summed E-state index contributed by atoms with van der Waals surface area (Å²) in [4.78, 5) is 0.789. The zero-order valence-corrected chi connectivity index (χ0v) is 14.8. The first-order valence-electron chi connectivity index (χ1n) is 6.76. The maximum absolute atomic E-state index is 12.5. The molecule has 3 rings (SSSR count). The molecule has 120 valence electrons. The highest BCUT2D eigenvalue weighted by Gasteiger charge is 2.18. The minimum Gasteiger partial charge on any atom is -0.282 e. The van der Waals surface area contributed by atoms with Crippen molar-refractivity contribution in [3.63, 3.8) is 0 Å². The molecular weight excluding hydrogens is 354 g/mol. The number of rotatable bonds is 4. The van der Waals surface area contributed by atoms with E-state index in [2.05, 4.69) is 14.9 Å². The highest BCUT2D eigenvalue weighted by atomic mass is 35.5. The van der Waals surface area contributed by atoms with E-state index in [1.807, 2.05) is 19.9 Å². The van der Waals surface area contributed by atoms with Gasteiger partial charge in [-0.1, -0.05) is 17.7 Å². The van der Waals surface area contributed by atoms with Crippen molar-refractivity contribution < 1.29 is 8.42 Å². The number of sulfonamides is 1. The second-order valence-corrected chi connectivity index (χ2v) is 8.52. The molecule has 5 nitrogen and oxygen atoms in total. The maximum atomic E-state index is 12.5. The number of hydrogen-bond donors (Lipinski definition) is 2. The molecule has 0 aliphatic carbocycles. The molecule has 0 aliphatic heterocycles. The molecule has 1 aromatic carbocycles. The van der Waals surface area contributed by atoms with E-state index >= 15 is 0 Å². The minimum absolute atomic E-state index is 0.227. The average Bonchev–Trinajstić information content (AvgIpc) is 3.11. The van der Waals surface area contributed by atoms with Crippen molar-refractivity contribution in [2.24, 2.45) is 0 Å². The van der Waals surface area contributed by atoms with Gasteiger partial charge in [0.1, 0.15) is 9.90 Å². The number of hydrogen-bond acceptors (Lipinski definition) is 4. The summed E-state index contributed by atoms with van der Waals surface area (Å²) in [5.74, 6) is 0. The number of aryl methyl sites for hydroxylation is 2. The number of thiophene rings is 1. The van der Waals surface area contributed by atoms with Crippen LogP contribution in [0.5, 0.6) is 0 Å². The Morgan fingerprint density at radius 2 is 1.96 bits per heavy atom. The number of nitrogens with one attached hydrogen (secondary N) is 2.